The van der Waals surface area contributed by atoms with Crippen LogP contribution in [0.4, 0.5) is 0 Å². The molecule has 1 aromatic heterocycles. The highest BCUT2D eigenvalue weighted by Gasteiger charge is 2.21. The SMILES string of the molecule is O=C(O)CSc1n[nH]c(C2CCSC2)n1. The summed E-state index contributed by atoms with van der Waals surface area (Å²) in [6.07, 6.45) is 1.13. The summed E-state index contributed by atoms with van der Waals surface area (Å²) >= 11 is 3.06. The van der Waals surface area contributed by atoms with Crippen molar-refractivity contribution in [2.75, 3.05) is 17.3 Å². The Kier molecular flexibility index (Phi) is 3.53. The van der Waals surface area contributed by atoms with Gasteiger partial charge in [-0.1, -0.05) is 11.8 Å². The molecule has 15 heavy (non-hydrogen) atoms. The van der Waals surface area contributed by atoms with Crippen LogP contribution in [-0.4, -0.2) is 43.5 Å². The summed E-state index contributed by atoms with van der Waals surface area (Å²) in [5, 5.41) is 15.9. The number of H-pyrrole nitrogens is 1. The Morgan fingerprint density at radius 3 is 3.27 bits per heavy atom. The summed E-state index contributed by atoms with van der Waals surface area (Å²) in [4.78, 5) is 14.6. The summed E-state index contributed by atoms with van der Waals surface area (Å²) in [5.74, 6) is 2.77. The van der Waals surface area contributed by atoms with Crippen LogP contribution in [0.2, 0.25) is 0 Å². The first-order valence-corrected chi connectivity index (χ1v) is 6.74. The summed E-state index contributed by atoms with van der Waals surface area (Å²) in [6, 6.07) is 0. The van der Waals surface area contributed by atoms with Gasteiger partial charge in [0.1, 0.15) is 5.82 Å². The predicted molar refractivity (Wildman–Crippen MR) is 59.4 cm³/mol. The minimum absolute atomic E-state index is 0.0106. The predicted octanol–water partition coefficient (Wildman–Crippen LogP) is 1.20. The molecule has 7 heteroatoms. The van der Waals surface area contributed by atoms with Gasteiger partial charge in [0, 0.05) is 11.7 Å². The monoisotopic (exact) mass is 245 g/mol. The molecule has 5 nitrogen and oxygen atoms in total. The van der Waals surface area contributed by atoms with E-state index in [-0.39, 0.29) is 5.75 Å². The number of hydrogen-bond acceptors (Lipinski definition) is 5. The molecule has 1 aliphatic heterocycles. The van der Waals surface area contributed by atoms with Gasteiger partial charge in [-0.3, -0.25) is 9.89 Å². The zero-order chi connectivity index (χ0) is 10.7. The van der Waals surface area contributed by atoms with Gasteiger partial charge in [0.05, 0.1) is 5.75 Å². The van der Waals surface area contributed by atoms with Crippen molar-refractivity contribution in [3.05, 3.63) is 5.82 Å². The molecule has 82 valence electrons. The molecule has 1 unspecified atom stereocenters. The zero-order valence-corrected chi connectivity index (χ0v) is 9.61. The standard InChI is InChI=1S/C8H11N3O2S2/c12-6(13)4-15-8-9-7(10-11-8)5-1-2-14-3-5/h5H,1-4H2,(H,12,13)(H,9,10,11). The number of aliphatic carboxylic acids is 1. The summed E-state index contributed by atoms with van der Waals surface area (Å²) in [5.41, 5.74) is 0. The maximum absolute atomic E-state index is 10.3. The van der Waals surface area contributed by atoms with Crippen molar-refractivity contribution in [2.45, 2.75) is 17.5 Å². The van der Waals surface area contributed by atoms with Gasteiger partial charge in [0.25, 0.3) is 0 Å². The molecule has 2 heterocycles. The van der Waals surface area contributed by atoms with Crippen molar-refractivity contribution < 1.29 is 9.90 Å². The van der Waals surface area contributed by atoms with Crippen LogP contribution >= 0.6 is 23.5 Å². The topological polar surface area (TPSA) is 78.9 Å². The fourth-order valence-corrected chi connectivity index (χ4v) is 3.13. The van der Waals surface area contributed by atoms with Crippen LogP contribution in [0.3, 0.4) is 0 Å². The minimum Gasteiger partial charge on any atom is -0.481 e. The summed E-state index contributed by atoms with van der Waals surface area (Å²) in [7, 11) is 0. The number of aromatic nitrogens is 3. The van der Waals surface area contributed by atoms with E-state index in [2.05, 4.69) is 15.2 Å². The molecule has 0 amide bonds. The summed E-state index contributed by atoms with van der Waals surface area (Å²) in [6.45, 7) is 0. The number of nitrogens with zero attached hydrogens (tertiary/aromatic N) is 2. The minimum atomic E-state index is -0.845. The van der Waals surface area contributed by atoms with Gasteiger partial charge in [-0.2, -0.15) is 11.8 Å². The first-order valence-electron chi connectivity index (χ1n) is 4.60. The van der Waals surface area contributed by atoms with E-state index in [1.807, 2.05) is 11.8 Å². The van der Waals surface area contributed by atoms with Gasteiger partial charge in [0.2, 0.25) is 5.16 Å². The molecule has 1 fully saturated rings. The Morgan fingerprint density at radius 2 is 2.60 bits per heavy atom. The van der Waals surface area contributed by atoms with E-state index in [1.165, 1.54) is 5.75 Å². The molecular formula is C8H11N3O2S2. The Bertz CT molecular complexity index is 349. The molecule has 1 atom stereocenters. The Hall–Kier alpha value is -0.690. The highest BCUT2D eigenvalue weighted by atomic mass is 32.2. The van der Waals surface area contributed by atoms with Gasteiger partial charge in [-0.15, -0.1) is 5.10 Å². The van der Waals surface area contributed by atoms with Crippen molar-refractivity contribution in [1.29, 1.82) is 0 Å². The van der Waals surface area contributed by atoms with Crippen molar-refractivity contribution in [3.8, 4) is 0 Å². The molecule has 2 N–H and O–H groups in total. The van der Waals surface area contributed by atoms with Gasteiger partial charge < -0.3 is 5.11 Å². The third-order valence-corrected chi connectivity index (χ3v) is 4.12. The Morgan fingerprint density at radius 1 is 1.73 bits per heavy atom. The van der Waals surface area contributed by atoms with Crippen LogP contribution in [0.15, 0.2) is 5.16 Å². The lowest BCUT2D eigenvalue weighted by Gasteiger charge is -2.00. The van der Waals surface area contributed by atoms with Crippen molar-refractivity contribution in [3.63, 3.8) is 0 Å². The van der Waals surface area contributed by atoms with E-state index in [9.17, 15) is 4.79 Å². The molecule has 0 aromatic carbocycles. The molecular weight excluding hydrogens is 234 g/mol. The van der Waals surface area contributed by atoms with Crippen LogP contribution in [0, 0.1) is 0 Å². The van der Waals surface area contributed by atoms with Gasteiger partial charge in [-0.05, 0) is 12.2 Å². The number of hydrogen-bond donors (Lipinski definition) is 2. The van der Waals surface area contributed by atoms with Crippen LogP contribution in [-0.2, 0) is 4.79 Å². The average Bonchev–Trinajstić information content (AvgIpc) is 2.85. The molecule has 0 bridgehead atoms. The largest absolute Gasteiger partial charge is 0.481 e. The number of carboxylic acid groups (broad SMARTS) is 1. The summed E-state index contributed by atoms with van der Waals surface area (Å²) < 4.78 is 0. The first kappa shape index (κ1) is 10.8. The van der Waals surface area contributed by atoms with Gasteiger partial charge in [-0.25, -0.2) is 4.98 Å². The van der Waals surface area contributed by atoms with Gasteiger partial charge in [0.15, 0.2) is 0 Å². The third kappa shape index (κ3) is 2.88. The number of carbonyl (C=O) groups is 1. The second-order valence-corrected chi connectivity index (χ2v) is 5.34. The maximum atomic E-state index is 10.3. The highest BCUT2D eigenvalue weighted by Crippen LogP contribution is 2.30. The molecule has 0 saturated carbocycles. The van der Waals surface area contributed by atoms with Gasteiger partial charge >= 0.3 is 5.97 Å². The number of rotatable bonds is 4. The second-order valence-electron chi connectivity index (χ2n) is 3.25. The van der Waals surface area contributed by atoms with E-state index in [4.69, 9.17) is 5.11 Å². The smallest absolute Gasteiger partial charge is 0.313 e. The Labute approximate surface area is 95.4 Å². The maximum Gasteiger partial charge on any atom is 0.313 e. The van der Waals surface area contributed by atoms with E-state index < -0.39 is 5.97 Å². The molecule has 1 saturated heterocycles. The first-order chi connectivity index (χ1) is 7.25. The number of aromatic amines is 1. The quantitative estimate of drug-likeness (QED) is 0.776. The lowest BCUT2D eigenvalue weighted by atomic mass is 10.1. The van der Waals surface area contributed by atoms with Crippen LogP contribution < -0.4 is 0 Å². The van der Waals surface area contributed by atoms with Crippen LogP contribution in [0.25, 0.3) is 0 Å². The molecule has 2 rings (SSSR count). The molecule has 0 aliphatic carbocycles. The Balaban J connectivity index is 1.94. The number of thioether (sulfide) groups is 2. The lowest BCUT2D eigenvalue weighted by molar-refractivity contribution is -0.133. The second kappa shape index (κ2) is 4.89. The fourth-order valence-electron chi connectivity index (χ4n) is 1.38. The molecule has 1 aromatic rings. The van der Waals surface area contributed by atoms with Crippen molar-refractivity contribution >= 4 is 29.5 Å². The van der Waals surface area contributed by atoms with E-state index >= 15 is 0 Å². The zero-order valence-electron chi connectivity index (χ0n) is 7.97. The number of carboxylic acids is 1. The van der Waals surface area contributed by atoms with E-state index in [0.29, 0.717) is 11.1 Å². The van der Waals surface area contributed by atoms with Crippen LogP contribution in [0.5, 0.6) is 0 Å². The highest BCUT2D eigenvalue weighted by molar-refractivity contribution is 7.99. The normalized spacial score (nSPS) is 20.7. The third-order valence-electron chi connectivity index (χ3n) is 2.12. The van der Waals surface area contributed by atoms with E-state index in [0.717, 1.165) is 29.8 Å². The number of nitrogens with one attached hydrogen (secondary N) is 1. The molecule has 1 aliphatic rings. The lowest BCUT2D eigenvalue weighted by Crippen LogP contribution is -1.99. The van der Waals surface area contributed by atoms with Crippen molar-refractivity contribution in [1.82, 2.24) is 15.2 Å². The van der Waals surface area contributed by atoms with Crippen molar-refractivity contribution in [2.24, 2.45) is 0 Å². The average molecular weight is 245 g/mol. The molecule has 0 radical (unpaired) electrons. The fraction of sp³-hybridized carbons (Fsp3) is 0.625. The van der Waals surface area contributed by atoms with E-state index in [1.54, 1.807) is 0 Å². The molecule has 0 spiro atoms. The van der Waals surface area contributed by atoms with Crippen LogP contribution in [0.1, 0.15) is 18.2 Å².